The number of aromatic nitrogens is 3. The molecule has 9 heteroatoms. The third kappa shape index (κ3) is 4.35. The van der Waals surface area contributed by atoms with Gasteiger partial charge in [0, 0.05) is 17.8 Å². The first-order chi connectivity index (χ1) is 19.5. The van der Waals surface area contributed by atoms with Gasteiger partial charge in [-0.05, 0) is 61.0 Å². The van der Waals surface area contributed by atoms with Crippen molar-refractivity contribution >= 4 is 11.7 Å². The van der Waals surface area contributed by atoms with E-state index in [2.05, 4.69) is 5.32 Å². The number of carbonyl (C=O) groups is 1. The lowest BCUT2D eigenvalue weighted by atomic mass is 10.0. The van der Waals surface area contributed by atoms with Crippen molar-refractivity contribution < 1.29 is 18.7 Å². The lowest BCUT2D eigenvalue weighted by Crippen LogP contribution is -2.38. The number of anilines is 1. The van der Waals surface area contributed by atoms with Crippen molar-refractivity contribution in [1.82, 2.24) is 19.2 Å². The molecule has 0 aliphatic carbocycles. The van der Waals surface area contributed by atoms with Crippen molar-refractivity contribution in [2.75, 3.05) is 19.5 Å². The SMILES string of the molecule is COc1ccc(OC)c(NC(=O)N2Cc3c(C)nn(-c4ccccc4)c3-n3cccc3C2c2cccc(F)c2)c1. The van der Waals surface area contributed by atoms with E-state index in [1.165, 1.54) is 12.1 Å². The number of para-hydroxylation sites is 1. The van der Waals surface area contributed by atoms with Gasteiger partial charge in [0.1, 0.15) is 23.1 Å². The minimum atomic E-state index is -0.599. The number of nitrogens with zero attached hydrogens (tertiary/aromatic N) is 4. The zero-order chi connectivity index (χ0) is 27.8. The molecule has 0 saturated heterocycles. The Balaban J connectivity index is 1.53. The molecule has 5 aromatic rings. The predicted octanol–water partition coefficient (Wildman–Crippen LogP) is 6.26. The van der Waals surface area contributed by atoms with E-state index in [-0.39, 0.29) is 18.4 Å². The minimum Gasteiger partial charge on any atom is -0.497 e. The number of aryl methyl sites for hydroxylation is 1. The van der Waals surface area contributed by atoms with Crippen LogP contribution in [0.15, 0.2) is 91.1 Å². The molecule has 1 aliphatic heterocycles. The monoisotopic (exact) mass is 537 g/mol. The summed E-state index contributed by atoms with van der Waals surface area (Å²) in [6.07, 6.45) is 1.95. The highest BCUT2D eigenvalue weighted by atomic mass is 19.1. The van der Waals surface area contributed by atoms with E-state index in [1.54, 1.807) is 43.4 Å². The molecule has 202 valence electrons. The number of rotatable bonds is 5. The van der Waals surface area contributed by atoms with Gasteiger partial charge in [0.05, 0.1) is 49.6 Å². The van der Waals surface area contributed by atoms with Gasteiger partial charge in [-0.2, -0.15) is 5.10 Å². The Kier molecular flexibility index (Phi) is 6.47. The van der Waals surface area contributed by atoms with Crippen LogP contribution in [0.4, 0.5) is 14.9 Å². The van der Waals surface area contributed by atoms with Gasteiger partial charge in [0.15, 0.2) is 0 Å². The zero-order valence-corrected chi connectivity index (χ0v) is 22.3. The molecule has 2 amide bonds. The summed E-state index contributed by atoms with van der Waals surface area (Å²) in [5, 5.41) is 7.87. The van der Waals surface area contributed by atoms with Crippen LogP contribution in [0.2, 0.25) is 0 Å². The number of ether oxygens (including phenoxy) is 2. The Hall–Kier alpha value is -5.05. The van der Waals surface area contributed by atoms with E-state index >= 15 is 0 Å². The van der Waals surface area contributed by atoms with Crippen LogP contribution in [0.3, 0.4) is 0 Å². The van der Waals surface area contributed by atoms with Gasteiger partial charge < -0.3 is 24.3 Å². The number of amides is 2. The quantitative estimate of drug-likeness (QED) is 0.287. The molecule has 2 aromatic heterocycles. The summed E-state index contributed by atoms with van der Waals surface area (Å²) in [6, 6.07) is 24.3. The maximum Gasteiger partial charge on any atom is 0.323 e. The van der Waals surface area contributed by atoms with Gasteiger partial charge in [0.2, 0.25) is 0 Å². The molecule has 3 heterocycles. The molecule has 0 bridgehead atoms. The van der Waals surface area contributed by atoms with Crippen LogP contribution >= 0.6 is 0 Å². The summed E-state index contributed by atoms with van der Waals surface area (Å²) in [7, 11) is 3.10. The minimum absolute atomic E-state index is 0.231. The molecule has 6 rings (SSSR count). The van der Waals surface area contributed by atoms with Crippen LogP contribution in [0, 0.1) is 12.7 Å². The summed E-state index contributed by atoms with van der Waals surface area (Å²) < 4.78 is 29.4. The number of carbonyl (C=O) groups excluding carboxylic acids is 1. The summed E-state index contributed by atoms with van der Waals surface area (Å²) in [5.74, 6) is 1.52. The second kappa shape index (κ2) is 10.3. The van der Waals surface area contributed by atoms with E-state index in [0.29, 0.717) is 22.7 Å². The van der Waals surface area contributed by atoms with Gasteiger partial charge in [0.25, 0.3) is 0 Å². The molecule has 8 nitrogen and oxygen atoms in total. The fourth-order valence-corrected chi connectivity index (χ4v) is 5.28. The molecule has 1 N–H and O–H groups in total. The van der Waals surface area contributed by atoms with Crippen molar-refractivity contribution in [2.24, 2.45) is 0 Å². The highest BCUT2D eigenvalue weighted by molar-refractivity contribution is 5.92. The number of nitrogens with one attached hydrogen (secondary N) is 1. The number of hydrogen-bond donors (Lipinski definition) is 1. The molecule has 1 aliphatic rings. The standard InChI is InChI=1S/C31H28FN5O3/c1-20-25-19-36(31(38)33-26-18-24(39-2)14-15-28(26)40-3)29(21-9-7-10-22(32)17-21)27-13-8-16-35(27)30(25)37(34-20)23-11-5-4-6-12-23/h4-18,29H,19H2,1-3H3,(H,33,38). The van der Waals surface area contributed by atoms with E-state index in [9.17, 15) is 9.18 Å². The highest BCUT2D eigenvalue weighted by Crippen LogP contribution is 2.39. The van der Waals surface area contributed by atoms with Crippen molar-refractivity contribution in [3.63, 3.8) is 0 Å². The van der Waals surface area contributed by atoms with Crippen LogP contribution in [0.25, 0.3) is 11.5 Å². The van der Waals surface area contributed by atoms with Crippen molar-refractivity contribution in [2.45, 2.75) is 19.5 Å². The van der Waals surface area contributed by atoms with E-state index in [4.69, 9.17) is 14.6 Å². The van der Waals surface area contributed by atoms with Crippen molar-refractivity contribution in [3.8, 4) is 23.0 Å². The zero-order valence-electron chi connectivity index (χ0n) is 22.3. The smallest absolute Gasteiger partial charge is 0.323 e. The third-order valence-corrected chi connectivity index (χ3v) is 7.16. The molecule has 0 radical (unpaired) electrons. The summed E-state index contributed by atoms with van der Waals surface area (Å²) in [4.78, 5) is 15.9. The van der Waals surface area contributed by atoms with Gasteiger partial charge in [-0.3, -0.25) is 0 Å². The summed E-state index contributed by atoms with van der Waals surface area (Å²) in [6.45, 7) is 2.17. The first kappa shape index (κ1) is 25.2. The average Bonchev–Trinajstić information content (AvgIpc) is 3.53. The van der Waals surface area contributed by atoms with Crippen LogP contribution in [0.1, 0.15) is 28.6 Å². The van der Waals surface area contributed by atoms with Crippen molar-refractivity contribution in [3.05, 3.63) is 119 Å². The molecule has 0 saturated carbocycles. The largest absolute Gasteiger partial charge is 0.497 e. The third-order valence-electron chi connectivity index (χ3n) is 7.16. The average molecular weight is 538 g/mol. The van der Waals surface area contributed by atoms with Gasteiger partial charge in [-0.1, -0.05) is 30.3 Å². The van der Waals surface area contributed by atoms with Crippen LogP contribution in [-0.4, -0.2) is 39.5 Å². The fourth-order valence-electron chi connectivity index (χ4n) is 5.28. The Morgan fingerprint density at radius 1 is 0.975 bits per heavy atom. The first-order valence-corrected chi connectivity index (χ1v) is 12.8. The summed E-state index contributed by atoms with van der Waals surface area (Å²) >= 11 is 0. The molecule has 1 atom stereocenters. The molecule has 3 aromatic carbocycles. The molecule has 0 fully saturated rings. The van der Waals surface area contributed by atoms with E-state index in [1.807, 2.05) is 70.9 Å². The topological polar surface area (TPSA) is 73.6 Å². The predicted molar refractivity (Wildman–Crippen MR) is 150 cm³/mol. The maximum absolute atomic E-state index is 14.6. The van der Waals surface area contributed by atoms with Gasteiger partial charge >= 0.3 is 6.03 Å². The fraction of sp³-hybridized carbons (Fsp3) is 0.161. The first-order valence-electron chi connectivity index (χ1n) is 12.8. The van der Waals surface area contributed by atoms with Crippen LogP contribution in [-0.2, 0) is 6.54 Å². The number of halogens is 1. The maximum atomic E-state index is 14.6. The number of methoxy groups -OCH3 is 2. The molecule has 1 unspecified atom stereocenters. The van der Waals surface area contributed by atoms with Crippen molar-refractivity contribution in [1.29, 1.82) is 0 Å². The molecule has 0 spiro atoms. The Labute approximate surface area is 231 Å². The molecular weight excluding hydrogens is 509 g/mol. The van der Waals surface area contributed by atoms with Gasteiger partial charge in [-0.15, -0.1) is 0 Å². The lowest BCUT2D eigenvalue weighted by molar-refractivity contribution is 0.194. The highest BCUT2D eigenvalue weighted by Gasteiger charge is 2.36. The number of hydrogen-bond acceptors (Lipinski definition) is 4. The molecular formula is C31H28FN5O3. The summed E-state index contributed by atoms with van der Waals surface area (Å²) in [5.41, 5.74) is 4.47. The van der Waals surface area contributed by atoms with Gasteiger partial charge in [-0.25, -0.2) is 13.9 Å². The van der Waals surface area contributed by atoms with E-state index < -0.39 is 6.04 Å². The second-order valence-electron chi connectivity index (χ2n) is 9.52. The van der Waals surface area contributed by atoms with Crippen LogP contribution in [0.5, 0.6) is 11.5 Å². The Morgan fingerprint density at radius 2 is 1.80 bits per heavy atom. The number of fused-ring (bicyclic) bond motifs is 3. The lowest BCUT2D eigenvalue weighted by Gasteiger charge is -2.31. The Morgan fingerprint density at radius 3 is 2.55 bits per heavy atom. The van der Waals surface area contributed by atoms with Crippen LogP contribution < -0.4 is 14.8 Å². The van der Waals surface area contributed by atoms with E-state index in [0.717, 1.165) is 28.5 Å². The number of benzene rings is 3. The normalized spacial score (nSPS) is 14.2. The Bertz CT molecular complexity index is 1690. The second-order valence-corrected chi connectivity index (χ2v) is 9.52. The molecule has 40 heavy (non-hydrogen) atoms. The number of urea groups is 1.